The Labute approximate surface area is 194 Å². The molecule has 2 aromatic carbocycles. The minimum atomic E-state index is -0.762. The first kappa shape index (κ1) is 24.0. The number of carbonyl (C=O) groups excluding carboxylic acids is 1. The van der Waals surface area contributed by atoms with Crippen molar-refractivity contribution in [1.82, 2.24) is 4.90 Å². The second-order valence-electron chi connectivity index (χ2n) is 8.21. The minimum Gasteiger partial charge on any atom is -0.481 e. The highest BCUT2D eigenvalue weighted by molar-refractivity contribution is 6.30. The predicted molar refractivity (Wildman–Crippen MR) is 126 cm³/mol. The summed E-state index contributed by atoms with van der Waals surface area (Å²) in [4.78, 5) is 24.7. The van der Waals surface area contributed by atoms with Crippen LogP contribution in [-0.2, 0) is 9.59 Å². The lowest BCUT2D eigenvalue weighted by Crippen LogP contribution is -2.32. The summed E-state index contributed by atoms with van der Waals surface area (Å²) >= 11 is 5.97. The molecule has 1 unspecified atom stereocenters. The van der Waals surface area contributed by atoms with Gasteiger partial charge in [0.15, 0.2) is 0 Å². The highest BCUT2D eigenvalue weighted by atomic mass is 35.5. The standard InChI is InChI=1S/C26H30ClNO4/c27-22-11-9-19(10-12-22)20-6-5-7-21(18-20)24(29)15-13-23-14-16-25(30)28(23)17-4-2-1-3-8-26(31)32/h5-7,9-13,15,18,23-24,29H,1-4,8,14,16-17H2,(H,31,32)/b15-13+/t23?,24-/m1/s1. The van der Waals surface area contributed by atoms with Gasteiger partial charge in [0, 0.05) is 24.4 Å². The Kier molecular flexibility index (Phi) is 8.89. The van der Waals surface area contributed by atoms with Gasteiger partial charge < -0.3 is 15.1 Å². The molecule has 3 rings (SSSR count). The third-order valence-electron chi connectivity index (χ3n) is 5.84. The number of aliphatic hydroxyl groups is 1. The first-order valence-corrected chi connectivity index (χ1v) is 11.6. The number of hydrogen-bond donors (Lipinski definition) is 2. The largest absolute Gasteiger partial charge is 0.481 e. The number of aliphatic carboxylic acids is 1. The van der Waals surface area contributed by atoms with Crippen LogP contribution in [0.15, 0.2) is 60.7 Å². The number of benzene rings is 2. The molecule has 1 amide bonds. The number of carbonyl (C=O) groups is 2. The summed E-state index contributed by atoms with van der Waals surface area (Å²) in [5, 5.41) is 20.1. The average molecular weight is 456 g/mol. The van der Waals surface area contributed by atoms with Gasteiger partial charge in [0.1, 0.15) is 0 Å². The van der Waals surface area contributed by atoms with E-state index in [1.807, 2.05) is 59.5 Å². The number of hydrogen-bond acceptors (Lipinski definition) is 3. The summed E-state index contributed by atoms with van der Waals surface area (Å²) in [5.41, 5.74) is 2.83. The molecule has 1 heterocycles. The molecule has 0 radical (unpaired) electrons. The molecule has 5 nitrogen and oxygen atoms in total. The summed E-state index contributed by atoms with van der Waals surface area (Å²) in [6, 6.07) is 15.4. The predicted octanol–water partition coefficient (Wildman–Crippen LogP) is 5.62. The summed E-state index contributed by atoms with van der Waals surface area (Å²) in [7, 11) is 0. The van der Waals surface area contributed by atoms with Crippen molar-refractivity contribution in [3.8, 4) is 11.1 Å². The van der Waals surface area contributed by atoms with E-state index in [2.05, 4.69) is 0 Å². The number of aliphatic hydroxyl groups excluding tert-OH is 1. The van der Waals surface area contributed by atoms with Crippen LogP contribution in [-0.4, -0.2) is 39.6 Å². The molecule has 2 aromatic rings. The number of amides is 1. The molecule has 2 atom stereocenters. The number of carboxylic acids is 1. The summed E-state index contributed by atoms with van der Waals surface area (Å²) in [5.74, 6) is -0.619. The fourth-order valence-electron chi connectivity index (χ4n) is 4.05. The van der Waals surface area contributed by atoms with E-state index in [0.717, 1.165) is 42.4 Å². The van der Waals surface area contributed by atoms with E-state index in [1.54, 1.807) is 6.08 Å². The minimum absolute atomic E-state index is 0.00406. The highest BCUT2D eigenvalue weighted by Gasteiger charge is 2.28. The van der Waals surface area contributed by atoms with Crippen LogP contribution in [0.5, 0.6) is 0 Å². The van der Waals surface area contributed by atoms with Crippen LogP contribution >= 0.6 is 11.6 Å². The molecule has 2 N–H and O–H groups in total. The van der Waals surface area contributed by atoms with Gasteiger partial charge in [-0.2, -0.15) is 0 Å². The second-order valence-corrected chi connectivity index (χ2v) is 8.65. The van der Waals surface area contributed by atoms with Crippen molar-refractivity contribution >= 4 is 23.5 Å². The van der Waals surface area contributed by atoms with Crippen LogP contribution in [0.3, 0.4) is 0 Å². The van der Waals surface area contributed by atoms with Gasteiger partial charge in [0.2, 0.25) is 5.91 Å². The molecule has 6 heteroatoms. The third kappa shape index (κ3) is 6.94. The maximum absolute atomic E-state index is 12.3. The van der Waals surface area contributed by atoms with Gasteiger partial charge >= 0.3 is 5.97 Å². The normalized spacial score (nSPS) is 17.2. The van der Waals surface area contributed by atoms with Crippen molar-refractivity contribution in [3.63, 3.8) is 0 Å². The highest BCUT2D eigenvalue weighted by Crippen LogP contribution is 2.26. The van der Waals surface area contributed by atoms with Gasteiger partial charge in [-0.05, 0) is 54.2 Å². The maximum atomic E-state index is 12.3. The smallest absolute Gasteiger partial charge is 0.303 e. The lowest BCUT2D eigenvalue weighted by molar-refractivity contribution is -0.137. The van der Waals surface area contributed by atoms with E-state index in [-0.39, 0.29) is 18.4 Å². The van der Waals surface area contributed by atoms with Gasteiger partial charge in [-0.15, -0.1) is 0 Å². The molecule has 32 heavy (non-hydrogen) atoms. The Morgan fingerprint density at radius 2 is 1.84 bits per heavy atom. The van der Waals surface area contributed by atoms with Crippen molar-refractivity contribution in [2.45, 2.75) is 57.1 Å². The van der Waals surface area contributed by atoms with Gasteiger partial charge in [-0.3, -0.25) is 9.59 Å². The van der Waals surface area contributed by atoms with Crippen molar-refractivity contribution < 1.29 is 19.8 Å². The average Bonchev–Trinajstić information content (AvgIpc) is 3.14. The van der Waals surface area contributed by atoms with E-state index in [0.29, 0.717) is 24.4 Å². The molecule has 0 aliphatic carbocycles. The Bertz CT molecular complexity index is 941. The van der Waals surface area contributed by atoms with Crippen LogP contribution in [0.25, 0.3) is 11.1 Å². The number of nitrogens with zero attached hydrogens (tertiary/aromatic N) is 1. The molecule has 0 aromatic heterocycles. The number of likely N-dealkylation sites (tertiary alicyclic amines) is 1. The second kappa shape index (κ2) is 11.8. The van der Waals surface area contributed by atoms with Gasteiger partial charge in [0.05, 0.1) is 12.1 Å². The first-order chi connectivity index (χ1) is 15.4. The van der Waals surface area contributed by atoms with Crippen LogP contribution in [0, 0.1) is 0 Å². The Morgan fingerprint density at radius 3 is 2.59 bits per heavy atom. The van der Waals surface area contributed by atoms with E-state index < -0.39 is 12.1 Å². The zero-order chi connectivity index (χ0) is 22.9. The van der Waals surface area contributed by atoms with Gasteiger partial charge in [-0.1, -0.05) is 66.9 Å². The monoisotopic (exact) mass is 455 g/mol. The van der Waals surface area contributed by atoms with Crippen LogP contribution in [0.1, 0.15) is 56.6 Å². The SMILES string of the molecule is O=C(O)CCCCCCN1C(=O)CCC1/C=C/[C@@H](O)c1cccc(-c2ccc(Cl)cc2)c1. The molecule has 0 spiro atoms. The summed E-state index contributed by atoms with van der Waals surface area (Å²) < 4.78 is 0. The Balaban J connectivity index is 1.56. The van der Waals surface area contributed by atoms with Gasteiger partial charge in [0.25, 0.3) is 0 Å². The topological polar surface area (TPSA) is 77.8 Å². The fourth-order valence-corrected chi connectivity index (χ4v) is 4.17. The molecule has 1 fully saturated rings. The summed E-state index contributed by atoms with van der Waals surface area (Å²) in [6.45, 7) is 0.670. The lowest BCUT2D eigenvalue weighted by Gasteiger charge is -2.22. The van der Waals surface area contributed by atoms with Crippen LogP contribution < -0.4 is 0 Å². The summed E-state index contributed by atoms with van der Waals surface area (Å²) in [6.07, 6.45) is 7.74. The van der Waals surface area contributed by atoms with Crippen molar-refractivity contribution in [3.05, 3.63) is 71.3 Å². The Hall–Kier alpha value is -2.63. The molecule has 1 aliphatic rings. The fraction of sp³-hybridized carbons (Fsp3) is 0.385. The quantitative estimate of drug-likeness (QED) is 0.340. The lowest BCUT2D eigenvalue weighted by atomic mass is 10.00. The molecule has 1 aliphatic heterocycles. The zero-order valence-electron chi connectivity index (χ0n) is 18.1. The molecule has 0 saturated carbocycles. The number of rotatable bonds is 11. The van der Waals surface area contributed by atoms with Crippen molar-refractivity contribution in [2.75, 3.05) is 6.54 Å². The number of carboxylic acid groups (broad SMARTS) is 1. The third-order valence-corrected chi connectivity index (χ3v) is 6.09. The molecular weight excluding hydrogens is 426 g/mol. The van der Waals surface area contributed by atoms with Gasteiger partial charge in [-0.25, -0.2) is 0 Å². The number of halogens is 1. The number of unbranched alkanes of at least 4 members (excludes halogenated alkanes) is 3. The van der Waals surface area contributed by atoms with E-state index in [9.17, 15) is 14.7 Å². The Morgan fingerprint density at radius 1 is 1.09 bits per heavy atom. The molecule has 0 bridgehead atoms. The first-order valence-electron chi connectivity index (χ1n) is 11.2. The van der Waals surface area contributed by atoms with E-state index >= 15 is 0 Å². The van der Waals surface area contributed by atoms with Crippen LogP contribution in [0.4, 0.5) is 0 Å². The van der Waals surface area contributed by atoms with Crippen molar-refractivity contribution in [1.29, 1.82) is 0 Å². The van der Waals surface area contributed by atoms with Crippen LogP contribution in [0.2, 0.25) is 5.02 Å². The molecular formula is C26H30ClNO4. The van der Waals surface area contributed by atoms with E-state index in [1.165, 1.54) is 0 Å². The zero-order valence-corrected chi connectivity index (χ0v) is 18.9. The maximum Gasteiger partial charge on any atom is 0.303 e. The van der Waals surface area contributed by atoms with E-state index in [4.69, 9.17) is 16.7 Å². The van der Waals surface area contributed by atoms with Crippen molar-refractivity contribution in [2.24, 2.45) is 0 Å². The molecule has 170 valence electrons. The molecule has 1 saturated heterocycles.